The van der Waals surface area contributed by atoms with Gasteiger partial charge in [0.05, 0.1) is 12.1 Å². The van der Waals surface area contributed by atoms with Gasteiger partial charge in [-0.25, -0.2) is 0 Å². The molecule has 0 heterocycles. The van der Waals surface area contributed by atoms with E-state index < -0.39 is 5.54 Å². The quantitative estimate of drug-likeness (QED) is 0.505. The van der Waals surface area contributed by atoms with Crippen LogP contribution in [0.2, 0.25) is 0 Å². The van der Waals surface area contributed by atoms with E-state index >= 15 is 0 Å². The Morgan fingerprint density at radius 3 is 2.65 bits per heavy atom. The third-order valence-electron chi connectivity index (χ3n) is 3.06. The summed E-state index contributed by atoms with van der Waals surface area (Å²) in [5.41, 5.74) is 5.19. The molecule has 1 amide bonds. The normalized spacial score (nSPS) is 18.3. The molecule has 1 fully saturated rings. The number of carbonyl (C=O) groups excluding carboxylic acids is 2. The molecule has 17 heavy (non-hydrogen) atoms. The monoisotopic (exact) mass is 242 g/mol. The molecule has 1 aliphatic rings. The number of ether oxygens (including phenoxy) is 1. The smallest absolute Gasteiger partial charge is 0.305 e. The highest BCUT2D eigenvalue weighted by Crippen LogP contribution is 2.38. The van der Waals surface area contributed by atoms with Crippen LogP contribution in [0, 0.1) is 5.92 Å². The number of esters is 1. The Hall–Kier alpha value is -1.10. The summed E-state index contributed by atoms with van der Waals surface area (Å²) < 4.78 is 4.79. The van der Waals surface area contributed by atoms with E-state index in [1.807, 2.05) is 0 Å². The van der Waals surface area contributed by atoms with Crippen molar-refractivity contribution in [2.75, 3.05) is 13.2 Å². The van der Waals surface area contributed by atoms with Crippen molar-refractivity contribution in [1.82, 2.24) is 5.32 Å². The maximum absolute atomic E-state index is 11.8. The van der Waals surface area contributed by atoms with Crippen LogP contribution in [0.5, 0.6) is 0 Å². The number of nitrogens with two attached hydrogens (primary N) is 1. The molecule has 1 rings (SSSR count). The molecular formula is C12H22N2O3. The van der Waals surface area contributed by atoms with Gasteiger partial charge in [0.2, 0.25) is 5.91 Å². The highest BCUT2D eigenvalue weighted by Gasteiger charge is 2.43. The second-order valence-corrected chi connectivity index (χ2v) is 4.72. The van der Waals surface area contributed by atoms with Gasteiger partial charge in [0.1, 0.15) is 0 Å². The third-order valence-corrected chi connectivity index (χ3v) is 3.06. The minimum Gasteiger partial charge on any atom is -0.466 e. The van der Waals surface area contributed by atoms with Gasteiger partial charge in [-0.3, -0.25) is 9.59 Å². The predicted octanol–water partition coefficient (Wildman–Crippen LogP) is 0.573. The van der Waals surface area contributed by atoms with E-state index in [-0.39, 0.29) is 11.9 Å². The average molecular weight is 242 g/mol. The van der Waals surface area contributed by atoms with Gasteiger partial charge in [0, 0.05) is 13.0 Å². The van der Waals surface area contributed by atoms with Gasteiger partial charge in [-0.1, -0.05) is 0 Å². The summed E-state index contributed by atoms with van der Waals surface area (Å²) in [4.78, 5) is 22.8. The SMILES string of the molecule is CCOC(=O)CCCNC(=O)C(C)(N)C1CC1. The van der Waals surface area contributed by atoms with Crippen LogP contribution in [0.15, 0.2) is 0 Å². The Morgan fingerprint density at radius 1 is 1.47 bits per heavy atom. The molecule has 0 aliphatic heterocycles. The van der Waals surface area contributed by atoms with Gasteiger partial charge in [-0.05, 0) is 39.0 Å². The molecule has 0 spiro atoms. The number of nitrogens with one attached hydrogen (secondary N) is 1. The average Bonchev–Trinajstić information content (AvgIpc) is 3.08. The van der Waals surface area contributed by atoms with Crippen LogP contribution >= 0.6 is 0 Å². The molecule has 1 aliphatic carbocycles. The van der Waals surface area contributed by atoms with Crippen molar-refractivity contribution in [3.05, 3.63) is 0 Å². The number of hydrogen-bond acceptors (Lipinski definition) is 4. The lowest BCUT2D eigenvalue weighted by molar-refractivity contribution is -0.143. The van der Waals surface area contributed by atoms with Crippen molar-refractivity contribution >= 4 is 11.9 Å². The Bertz CT molecular complexity index is 285. The van der Waals surface area contributed by atoms with Crippen molar-refractivity contribution in [1.29, 1.82) is 0 Å². The zero-order valence-electron chi connectivity index (χ0n) is 10.6. The molecule has 0 bridgehead atoms. The van der Waals surface area contributed by atoms with Crippen LogP contribution in [-0.2, 0) is 14.3 Å². The number of carbonyl (C=O) groups is 2. The predicted molar refractivity (Wildman–Crippen MR) is 64.2 cm³/mol. The summed E-state index contributed by atoms with van der Waals surface area (Å²) in [6.07, 6.45) is 2.98. The minimum absolute atomic E-state index is 0.121. The Labute approximate surface area is 102 Å². The van der Waals surface area contributed by atoms with Crippen molar-refractivity contribution in [2.24, 2.45) is 11.7 Å². The first-order chi connectivity index (χ1) is 7.98. The maximum atomic E-state index is 11.8. The summed E-state index contributed by atoms with van der Waals surface area (Å²) in [5, 5.41) is 2.77. The van der Waals surface area contributed by atoms with Crippen LogP contribution in [-0.4, -0.2) is 30.6 Å². The molecule has 5 heteroatoms. The molecule has 1 saturated carbocycles. The summed E-state index contributed by atoms with van der Waals surface area (Å²) in [6, 6.07) is 0. The van der Waals surface area contributed by atoms with Gasteiger partial charge in [-0.15, -0.1) is 0 Å². The number of amides is 1. The summed E-state index contributed by atoms with van der Waals surface area (Å²) >= 11 is 0. The zero-order chi connectivity index (χ0) is 12.9. The van der Waals surface area contributed by atoms with E-state index in [2.05, 4.69) is 5.32 Å². The van der Waals surface area contributed by atoms with Gasteiger partial charge in [0.25, 0.3) is 0 Å². The largest absolute Gasteiger partial charge is 0.466 e. The van der Waals surface area contributed by atoms with Crippen LogP contribution < -0.4 is 11.1 Å². The molecule has 0 saturated heterocycles. The Morgan fingerprint density at radius 2 is 2.12 bits per heavy atom. The summed E-state index contributed by atoms with van der Waals surface area (Å²) in [5.74, 6) is -0.0316. The van der Waals surface area contributed by atoms with Crippen LogP contribution in [0.4, 0.5) is 0 Å². The van der Waals surface area contributed by atoms with Crippen molar-refractivity contribution in [2.45, 2.75) is 45.1 Å². The van der Waals surface area contributed by atoms with E-state index in [9.17, 15) is 9.59 Å². The fourth-order valence-corrected chi connectivity index (χ4v) is 1.73. The topological polar surface area (TPSA) is 81.4 Å². The van der Waals surface area contributed by atoms with Crippen molar-refractivity contribution in [3.8, 4) is 0 Å². The highest BCUT2D eigenvalue weighted by atomic mass is 16.5. The molecule has 0 aromatic carbocycles. The van der Waals surface area contributed by atoms with Gasteiger partial charge in [0.15, 0.2) is 0 Å². The second kappa shape index (κ2) is 6.00. The first kappa shape index (κ1) is 14.0. The lowest BCUT2D eigenvalue weighted by Gasteiger charge is -2.23. The van der Waals surface area contributed by atoms with Crippen LogP contribution in [0.25, 0.3) is 0 Å². The molecule has 3 N–H and O–H groups in total. The molecular weight excluding hydrogens is 220 g/mol. The highest BCUT2D eigenvalue weighted by molar-refractivity contribution is 5.86. The standard InChI is InChI=1S/C12H22N2O3/c1-3-17-10(15)5-4-8-14-11(16)12(2,13)9-6-7-9/h9H,3-8,13H2,1-2H3,(H,14,16). The Balaban J connectivity index is 2.14. The van der Waals surface area contributed by atoms with E-state index in [0.717, 1.165) is 12.8 Å². The molecule has 0 aromatic rings. The molecule has 98 valence electrons. The summed E-state index contributed by atoms with van der Waals surface area (Å²) in [7, 11) is 0. The van der Waals surface area contributed by atoms with Gasteiger partial charge in [-0.2, -0.15) is 0 Å². The fourth-order valence-electron chi connectivity index (χ4n) is 1.73. The maximum Gasteiger partial charge on any atom is 0.305 e. The molecule has 0 aromatic heterocycles. The summed E-state index contributed by atoms with van der Waals surface area (Å²) in [6.45, 7) is 4.41. The lowest BCUT2D eigenvalue weighted by atomic mass is 9.96. The van der Waals surface area contributed by atoms with E-state index in [1.165, 1.54) is 0 Å². The lowest BCUT2D eigenvalue weighted by Crippen LogP contribution is -2.53. The minimum atomic E-state index is -0.760. The Kier molecular flexibility index (Phi) is 4.93. The van der Waals surface area contributed by atoms with Crippen molar-refractivity contribution < 1.29 is 14.3 Å². The molecule has 0 radical (unpaired) electrons. The number of rotatable bonds is 7. The van der Waals surface area contributed by atoms with Gasteiger partial charge >= 0.3 is 5.97 Å². The zero-order valence-corrected chi connectivity index (χ0v) is 10.6. The first-order valence-corrected chi connectivity index (χ1v) is 6.21. The van der Waals surface area contributed by atoms with E-state index in [0.29, 0.717) is 31.9 Å². The van der Waals surface area contributed by atoms with Crippen LogP contribution in [0.3, 0.4) is 0 Å². The molecule has 1 unspecified atom stereocenters. The third kappa shape index (κ3) is 4.34. The fraction of sp³-hybridized carbons (Fsp3) is 0.833. The molecule has 1 atom stereocenters. The van der Waals surface area contributed by atoms with Gasteiger partial charge < -0.3 is 15.8 Å². The van der Waals surface area contributed by atoms with Crippen molar-refractivity contribution in [3.63, 3.8) is 0 Å². The number of hydrogen-bond donors (Lipinski definition) is 2. The second-order valence-electron chi connectivity index (χ2n) is 4.72. The molecule has 5 nitrogen and oxygen atoms in total. The van der Waals surface area contributed by atoms with E-state index in [4.69, 9.17) is 10.5 Å². The van der Waals surface area contributed by atoms with Crippen LogP contribution in [0.1, 0.15) is 39.5 Å². The van der Waals surface area contributed by atoms with E-state index in [1.54, 1.807) is 13.8 Å². The first-order valence-electron chi connectivity index (χ1n) is 6.21.